The third-order valence-electron chi connectivity index (χ3n) is 8.18. The highest BCUT2D eigenvalue weighted by molar-refractivity contribution is 6.31. The minimum absolute atomic E-state index is 0.0763. The lowest BCUT2D eigenvalue weighted by Crippen LogP contribution is -2.35. The molecule has 1 aromatic carbocycles. The van der Waals surface area contributed by atoms with Crippen molar-refractivity contribution in [2.75, 3.05) is 13.1 Å². The highest BCUT2D eigenvalue weighted by atomic mass is 35.5. The molecule has 1 aromatic rings. The average Bonchev–Trinajstić information content (AvgIpc) is 3.48. The van der Waals surface area contributed by atoms with Gasteiger partial charge in [-0.25, -0.2) is 0 Å². The summed E-state index contributed by atoms with van der Waals surface area (Å²) < 4.78 is 0. The maximum absolute atomic E-state index is 12.9. The molecule has 5 heteroatoms. The Balaban J connectivity index is 1.39. The molecule has 0 aromatic heterocycles. The number of amides is 1. The second-order valence-corrected chi connectivity index (χ2v) is 10.7. The number of benzene rings is 1. The Morgan fingerprint density at radius 3 is 2.59 bits per heavy atom. The summed E-state index contributed by atoms with van der Waals surface area (Å²) in [5.41, 5.74) is 1.01. The SMILES string of the molecule is N#Cc1ccc(CCC(CCC2CCCCC2)[C@H]2CCN(C(=O)C3(C#N)CC3)C2)cc1Cl. The van der Waals surface area contributed by atoms with Crippen LogP contribution in [0.2, 0.25) is 5.02 Å². The summed E-state index contributed by atoms with van der Waals surface area (Å²) in [7, 11) is 0. The minimum atomic E-state index is -0.703. The molecule has 0 bridgehead atoms. The van der Waals surface area contributed by atoms with Crippen molar-refractivity contribution in [3.05, 3.63) is 34.3 Å². The molecule has 1 aliphatic heterocycles. The van der Waals surface area contributed by atoms with E-state index in [0.29, 0.717) is 22.4 Å². The highest BCUT2D eigenvalue weighted by Gasteiger charge is 2.53. The molecule has 2 atom stereocenters. The summed E-state index contributed by atoms with van der Waals surface area (Å²) in [5.74, 6) is 2.04. The van der Waals surface area contributed by atoms with E-state index in [2.05, 4.69) is 12.1 Å². The van der Waals surface area contributed by atoms with Gasteiger partial charge in [-0.05, 0) is 74.0 Å². The summed E-state index contributed by atoms with van der Waals surface area (Å²) in [6, 6.07) is 10.2. The van der Waals surface area contributed by atoms with Crippen molar-refractivity contribution in [1.29, 1.82) is 10.5 Å². The second-order valence-electron chi connectivity index (χ2n) is 10.3. The van der Waals surface area contributed by atoms with Gasteiger partial charge in [0.1, 0.15) is 11.5 Å². The van der Waals surface area contributed by atoms with Crippen LogP contribution in [0.4, 0.5) is 0 Å². The third-order valence-corrected chi connectivity index (χ3v) is 8.49. The number of aryl methyl sites for hydroxylation is 1. The molecule has 3 fully saturated rings. The third kappa shape index (κ3) is 5.29. The second kappa shape index (κ2) is 10.3. The lowest BCUT2D eigenvalue weighted by molar-refractivity contribution is -0.134. The molecule has 4 nitrogen and oxygen atoms in total. The monoisotopic (exact) mass is 451 g/mol. The molecule has 1 unspecified atom stereocenters. The normalized spacial score (nSPS) is 23.3. The fraction of sp³-hybridized carbons (Fsp3) is 0.667. The van der Waals surface area contributed by atoms with Crippen LogP contribution in [0.5, 0.6) is 0 Å². The van der Waals surface area contributed by atoms with Crippen LogP contribution in [0.15, 0.2) is 18.2 Å². The average molecular weight is 452 g/mol. The number of nitriles is 2. The Morgan fingerprint density at radius 2 is 1.94 bits per heavy atom. The topological polar surface area (TPSA) is 67.9 Å². The summed E-state index contributed by atoms with van der Waals surface area (Å²) in [5, 5.41) is 19.1. The van der Waals surface area contributed by atoms with E-state index in [1.165, 1.54) is 50.5 Å². The molecule has 2 aliphatic carbocycles. The van der Waals surface area contributed by atoms with E-state index >= 15 is 0 Å². The number of rotatable bonds is 8. The van der Waals surface area contributed by atoms with Crippen molar-refractivity contribution in [3.63, 3.8) is 0 Å². The van der Waals surface area contributed by atoms with Crippen LogP contribution < -0.4 is 0 Å². The van der Waals surface area contributed by atoms with Gasteiger partial charge < -0.3 is 4.90 Å². The van der Waals surface area contributed by atoms with E-state index in [-0.39, 0.29) is 5.91 Å². The zero-order valence-corrected chi connectivity index (χ0v) is 19.7. The predicted molar refractivity (Wildman–Crippen MR) is 126 cm³/mol. The summed E-state index contributed by atoms with van der Waals surface area (Å²) >= 11 is 6.26. The molecular weight excluding hydrogens is 418 g/mol. The van der Waals surface area contributed by atoms with Crippen LogP contribution in [0.25, 0.3) is 0 Å². The van der Waals surface area contributed by atoms with Crippen molar-refractivity contribution >= 4 is 17.5 Å². The van der Waals surface area contributed by atoms with Crippen LogP contribution in [0.1, 0.15) is 81.8 Å². The van der Waals surface area contributed by atoms with Gasteiger partial charge in [-0.1, -0.05) is 56.2 Å². The number of carbonyl (C=O) groups excluding carboxylic acids is 1. The molecule has 3 aliphatic rings. The van der Waals surface area contributed by atoms with Crippen molar-refractivity contribution in [3.8, 4) is 12.1 Å². The van der Waals surface area contributed by atoms with Crippen LogP contribution in [-0.4, -0.2) is 23.9 Å². The Morgan fingerprint density at radius 1 is 1.16 bits per heavy atom. The number of hydrogen-bond donors (Lipinski definition) is 0. The van der Waals surface area contributed by atoms with Gasteiger partial charge in [-0.15, -0.1) is 0 Å². The fourth-order valence-electron chi connectivity index (χ4n) is 5.86. The largest absolute Gasteiger partial charge is 0.341 e. The van der Waals surface area contributed by atoms with Gasteiger partial charge in [0, 0.05) is 13.1 Å². The Labute approximate surface area is 197 Å². The number of likely N-dealkylation sites (tertiary alicyclic amines) is 1. The molecule has 170 valence electrons. The summed E-state index contributed by atoms with van der Waals surface area (Å²) in [6.45, 7) is 1.61. The van der Waals surface area contributed by atoms with E-state index in [1.807, 2.05) is 23.1 Å². The van der Waals surface area contributed by atoms with Gasteiger partial charge in [0.2, 0.25) is 5.91 Å². The highest BCUT2D eigenvalue weighted by Crippen LogP contribution is 2.47. The number of halogens is 1. The number of carbonyl (C=O) groups is 1. The molecule has 1 saturated heterocycles. The smallest absolute Gasteiger partial charge is 0.243 e. The molecule has 0 radical (unpaired) electrons. The van der Waals surface area contributed by atoms with Gasteiger partial charge in [0.05, 0.1) is 16.7 Å². The minimum Gasteiger partial charge on any atom is -0.341 e. The van der Waals surface area contributed by atoms with Gasteiger partial charge in [0.25, 0.3) is 0 Å². The molecule has 1 heterocycles. The van der Waals surface area contributed by atoms with Gasteiger partial charge >= 0.3 is 0 Å². The van der Waals surface area contributed by atoms with E-state index in [9.17, 15) is 10.1 Å². The zero-order chi connectivity index (χ0) is 22.6. The lowest BCUT2D eigenvalue weighted by Gasteiger charge is -2.28. The van der Waals surface area contributed by atoms with Gasteiger partial charge in [-0.3, -0.25) is 4.79 Å². The lowest BCUT2D eigenvalue weighted by atomic mass is 9.78. The van der Waals surface area contributed by atoms with E-state index < -0.39 is 5.41 Å². The summed E-state index contributed by atoms with van der Waals surface area (Å²) in [4.78, 5) is 14.9. The fourth-order valence-corrected chi connectivity index (χ4v) is 6.10. The van der Waals surface area contributed by atoms with Crippen LogP contribution in [-0.2, 0) is 11.2 Å². The number of hydrogen-bond acceptors (Lipinski definition) is 3. The Hall–Kier alpha value is -2.04. The summed E-state index contributed by atoms with van der Waals surface area (Å²) in [6.07, 6.45) is 14.0. The first-order valence-corrected chi connectivity index (χ1v) is 12.8. The zero-order valence-electron chi connectivity index (χ0n) is 19.0. The van der Waals surface area contributed by atoms with E-state index in [0.717, 1.165) is 51.1 Å². The van der Waals surface area contributed by atoms with Crippen molar-refractivity contribution < 1.29 is 4.79 Å². The van der Waals surface area contributed by atoms with Crippen molar-refractivity contribution in [2.45, 2.75) is 77.0 Å². The van der Waals surface area contributed by atoms with Crippen LogP contribution in [0.3, 0.4) is 0 Å². The van der Waals surface area contributed by atoms with Gasteiger partial charge in [-0.2, -0.15) is 10.5 Å². The van der Waals surface area contributed by atoms with Crippen LogP contribution in [0, 0.1) is 45.8 Å². The maximum atomic E-state index is 12.9. The molecule has 0 spiro atoms. The molecule has 2 saturated carbocycles. The predicted octanol–water partition coefficient (Wildman–Crippen LogP) is 6.27. The number of nitrogens with zero attached hydrogens (tertiary/aromatic N) is 3. The Kier molecular flexibility index (Phi) is 7.42. The van der Waals surface area contributed by atoms with Crippen LogP contribution >= 0.6 is 11.6 Å². The first-order valence-electron chi connectivity index (χ1n) is 12.4. The van der Waals surface area contributed by atoms with E-state index in [1.54, 1.807) is 0 Å². The quantitative estimate of drug-likeness (QED) is 0.467. The molecule has 1 amide bonds. The van der Waals surface area contributed by atoms with Gasteiger partial charge in [0.15, 0.2) is 0 Å². The Bertz CT molecular complexity index is 904. The first-order chi connectivity index (χ1) is 15.5. The van der Waals surface area contributed by atoms with Crippen molar-refractivity contribution in [2.24, 2.45) is 23.2 Å². The molecule has 32 heavy (non-hydrogen) atoms. The van der Waals surface area contributed by atoms with Crippen molar-refractivity contribution in [1.82, 2.24) is 4.90 Å². The first kappa shape index (κ1) is 23.1. The molecule has 0 N–H and O–H groups in total. The standard InChI is InChI=1S/C27H34ClN3O/c28-25-16-21(8-11-23(25)17-29)7-10-22(9-6-20-4-2-1-3-5-20)24-12-15-31(18-24)26(32)27(19-30)13-14-27/h8,11,16,20,22,24H,1-7,9-10,12-15,18H2/t22?,24-/m0/s1. The van der Waals surface area contributed by atoms with E-state index in [4.69, 9.17) is 16.9 Å². The molecule has 4 rings (SSSR count). The molecular formula is C27H34ClN3O. The maximum Gasteiger partial charge on any atom is 0.243 e.